The SMILES string of the molecule is CCOCCCOc1cccc(CC(N)CC)c1. The van der Waals surface area contributed by atoms with Crippen molar-refractivity contribution in [1.82, 2.24) is 0 Å². The van der Waals surface area contributed by atoms with E-state index in [1.165, 1.54) is 5.56 Å². The Bertz CT molecular complexity index is 328. The van der Waals surface area contributed by atoms with Gasteiger partial charge in [-0.3, -0.25) is 0 Å². The maximum Gasteiger partial charge on any atom is 0.119 e. The molecule has 0 amide bonds. The Balaban J connectivity index is 2.35. The lowest BCUT2D eigenvalue weighted by molar-refractivity contribution is 0.131. The summed E-state index contributed by atoms with van der Waals surface area (Å²) in [7, 11) is 0. The highest BCUT2D eigenvalue weighted by atomic mass is 16.5. The quantitative estimate of drug-likeness (QED) is 0.686. The first-order chi connectivity index (χ1) is 8.76. The molecule has 0 aliphatic rings. The minimum absolute atomic E-state index is 0.234. The number of benzene rings is 1. The zero-order valence-corrected chi connectivity index (χ0v) is 11.5. The van der Waals surface area contributed by atoms with Gasteiger partial charge in [0.1, 0.15) is 5.75 Å². The molecule has 0 fully saturated rings. The van der Waals surface area contributed by atoms with Crippen molar-refractivity contribution >= 4 is 0 Å². The summed E-state index contributed by atoms with van der Waals surface area (Å²) in [5.74, 6) is 0.923. The largest absolute Gasteiger partial charge is 0.493 e. The van der Waals surface area contributed by atoms with Gasteiger partial charge < -0.3 is 15.2 Å². The molecule has 0 aliphatic carbocycles. The third-order valence-corrected chi connectivity index (χ3v) is 2.83. The number of rotatable bonds is 9. The molecule has 18 heavy (non-hydrogen) atoms. The number of nitrogens with two attached hydrogens (primary N) is 1. The van der Waals surface area contributed by atoms with Gasteiger partial charge >= 0.3 is 0 Å². The van der Waals surface area contributed by atoms with Gasteiger partial charge in [-0.2, -0.15) is 0 Å². The van der Waals surface area contributed by atoms with E-state index in [0.29, 0.717) is 6.61 Å². The van der Waals surface area contributed by atoms with Crippen LogP contribution in [0.4, 0.5) is 0 Å². The highest BCUT2D eigenvalue weighted by Crippen LogP contribution is 2.15. The van der Waals surface area contributed by atoms with Gasteiger partial charge in [0.15, 0.2) is 0 Å². The van der Waals surface area contributed by atoms with Gasteiger partial charge in [0, 0.05) is 25.7 Å². The summed E-state index contributed by atoms with van der Waals surface area (Å²) >= 11 is 0. The molecule has 3 nitrogen and oxygen atoms in total. The number of hydrogen-bond acceptors (Lipinski definition) is 3. The topological polar surface area (TPSA) is 44.5 Å². The van der Waals surface area contributed by atoms with Crippen molar-refractivity contribution in [2.75, 3.05) is 19.8 Å². The molecular weight excluding hydrogens is 226 g/mol. The van der Waals surface area contributed by atoms with E-state index >= 15 is 0 Å². The third kappa shape index (κ3) is 6.03. The first-order valence-electron chi connectivity index (χ1n) is 6.81. The second kappa shape index (κ2) is 8.95. The Morgan fingerprint density at radius 2 is 2.06 bits per heavy atom. The number of ether oxygens (including phenoxy) is 2. The first kappa shape index (κ1) is 15.0. The van der Waals surface area contributed by atoms with Crippen molar-refractivity contribution in [3.05, 3.63) is 29.8 Å². The summed E-state index contributed by atoms with van der Waals surface area (Å²) in [6.07, 6.45) is 2.83. The van der Waals surface area contributed by atoms with Gasteiger partial charge in [-0.15, -0.1) is 0 Å². The van der Waals surface area contributed by atoms with Gasteiger partial charge in [0.2, 0.25) is 0 Å². The van der Waals surface area contributed by atoms with Crippen molar-refractivity contribution in [1.29, 1.82) is 0 Å². The van der Waals surface area contributed by atoms with Crippen LogP contribution < -0.4 is 10.5 Å². The fourth-order valence-corrected chi connectivity index (χ4v) is 1.70. The maximum atomic E-state index is 5.95. The lowest BCUT2D eigenvalue weighted by Gasteiger charge is -2.11. The van der Waals surface area contributed by atoms with E-state index in [1.54, 1.807) is 0 Å². The second-order valence-corrected chi connectivity index (χ2v) is 4.42. The Labute approximate surface area is 110 Å². The predicted octanol–water partition coefficient (Wildman–Crippen LogP) is 2.77. The molecule has 0 spiro atoms. The zero-order valence-electron chi connectivity index (χ0n) is 11.5. The van der Waals surface area contributed by atoms with Gasteiger partial charge in [0.25, 0.3) is 0 Å². The van der Waals surface area contributed by atoms with Gasteiger partial charge in [-0.25, -0.2) is 0 Å². The summed E-state index contributed by atoms with van der Waals surface area (Å²) in [4.78, 5) is 0. The molecule has 3 heteroatoms. The van der Waals surface area contributed by atoms with Crippen LogP contribution in [0.1, 0.15) is 32.3 Å². The van der Waals surface area contributed by atoms with Crippen LogP contribution >= 0.6 is 0 Å². The summed E-state index contributed by atoms with van der Waals surface area (Å²) in [5, 5.41) is 0. The molecule has 0 heterocycles. The van der Waals surface area contributed by atoms with Gasteiger partial charge in [-0.05, 0) is 37.5 Å². The average Bonchev–Trinajstić information content (AvgIpc) is 2.39. The first-order valence-corrected chi connectivity index (χ1v) is 6.81. The fraction of sp³-hybridized carbons (Fsp3) is 0.600. The standard InChI is InChI=1S/C15H25NO2/c1-3-14(16)11-13-7-5-8-15(12-13)18-10-6-9-17-4-2/h5,7-8,12,14H,3-4,6,9-11,16H2,1-2H3. The fourth-order valence-electron chi connectivity index (χ4n) is 1.70. The summed E-state index contributed by atoms with van der Waals surface area (Å²) < 4.78 is 11.0. The van der Waals surface area contributed by atoms with Crippen molar-refractivity contribution in [3.63, 3.8) is 0 Å². The molecule has 0 saturated carbocycles. The van der Waals surface area contributed by atoms with Crippen molar-refractivity contribution in [2.24, 2.45) is 5.73 Å². The molecule has 1 unspecified atom stereocenters. The molecule has 0 radical (unpaired) electrons. The molecular formula is C15H25NO2. The van der Waals surface area contributed by atoms with E-state index in [2.05, 4.69) is 19.1 Å². The van der Waals surface area contributed by atoms with Gasteiger partial charge in [0.05, 0.1) is 6.61 Å². The molecule has 1 aromatic rings. The molecule has 1 rings (SSSR count). The van der Waals surface area contributed by atoms with Crippen molar-refractivity contribution < 1.29 is 9.47 Å². The third-order valence-electron chi connectivity index (χ3n) is 2.83. The number of hydrogen-bond donors (Lipinski definition) is 1. The lowest BCUT2D eigenvalue weighted by atomic mass is 10.0. The van der Waals surface area contributed by atoms with E-state index < -0.39 is 0 Å². The maximum absolute atomic E-state index is 5.95. The predicted molar refractivity (Wildman–Crippen MR) is 75.0 cm³/mol. The second-order valence-electron chi connectivity index (χ2n) is 4.42. The van der Waals surface area contributed by atoms with Crippen molar-refractivity contribution in [3.8, 4) is 5.75 Å². The van der Waals surface area contributed by atoms with Crippen molar-refractivity contribution in [2.45, 2.75) is 39.2 Å². The molecule has 0 aromatic heterocycles. The van der Waals surface area contributed by atoms with Crippen LogP contribution in [0, 0.1) is 0 Å². The summed E-state index contributed by atoms with van der Waals surface area (Å²) in [6, 6.07) is 8.42. The van der Waals surface area contributed by atoms with Crippen LogP contribution in [0.5, 0.6) is 5.75 Å². The van der Waals surface area contributed by atoms with Gasteiger partial charge in [-0.1, -0.05) is 19.1 Å². The van der Waals surface area contributed by atoms with Crippen LogP contribution in [0.15, 0.2) is 24.3 Å². The molecule has 1 atom stereocenters. The molecule has 0 bridgehead atoms. The van der Waals surface area contributed by atoms with E-state index in [9.17, 15) is 0 Å². The smallest absolute Gasteiger partial charge is 0.119 e. The highest BCUT2D eigenvalue weighted by Gasteiger charge is 2.02. The van der Waals surface area contributed by atoms with E-state index in [-0.39, 0.29) is 6.04 Å². The summed E-state index contributed by atoms with van der Waals surface area (Å²) in [6.45, 7) is 6.34. The zero-order chi connectivity index (χ0) is 13.2. The molecule has 2 N–H and O–H groups in total. The minimum atomic E-state index is 0.234. The Morgan fingerprint density at radius 3 is 2.78 bits per heavy atom. The van der Waals surface area contributed by atoms with E-state index in [4.69, 9.17) is 15.2 Å². The minimum Gasteiger partial charge on any atom is -0.493 e. The molecule has 1 aromatic carbocycles. The van der Waals surface area contributed by atoms with Crippen LogP contribution in [0.25, 0.3) is 0 Å². The average molecular weight is 251 g/mol. The monoisotopic (exact) mass is 251 g/mol. The van der Waals surface area contributed by atoms with Crippen LogP contribution in [0.2, 0.25) is 0 Å². The molecule has 0 aliphatic heterocycles. The van der Waals surface area contributed by atoms with Crippen LogP contribution in [-0.2, 0) is 11.2 Å². The van der Waals surface area contributed by atoms with E-state index in [1.807, 2.05) is 19.1 Å². The summed E-state index contributed by atoms with van der Waals surface area (Å²) in [5.41, 5.74) is 7.19. The molecule has 0 saturated heterocycles. The highest BCUT2D eigenvalue weighted by molar-refractivity contribution is 5.29. The van der Waals surface area contributed by atoms with Crippen LogP contribution in [-0.4, -0.2) is 25.9 Å². The Morgan fingerprint density at radius 1 is 1.22 bits per heavy atom. The normalized spacial score (nSPS) is 12.4. The Hall–Kier alpha value is -1.06. The Kier molecular flexibility index (Phi) is 7.46. The molecule has 102 valence electrons. The van der Waals surface area contributed by atoms with E-state index in [0.717, 1.165) is 38.2 Å². The van der Waals surface area contributed by atoms with Crippen LogP contribution in [0.3, 0.4) is 0 Å². The lowest BCUT2D eigenvalue weighted by Crippen LogP contribution is -2.21.